The third-order valence-electron chi connectivity index (χ3n) is 5.44. The minimum Gasteiger partial charge on any atom is -0.457 e. The molecule has 0 amide bonds. The third-order valence-corrected chi connectivity index (χ3v) is 7.29. The zero-order chi connectivity index (χ0) is 22.4. The Morgan fingerprint density at radius 1 is 0.750 bits per heavy atom. The number of sulfonamides is 1. The van der Waals surface area contributed by atoms with Crippen molar-refractivity contribution >= 4 is 15.8 Å². The van der Waals surface area contributed by atoms with Gasteiger partial charge in [0.25, 0.3) is 0 Å². The first-order chi connectivity index (χ1) is 15.5. The summed E-state index contributed by atoms with van der Waals surface area (Å²) in [5.74, 6) is 1.40. The lowest BCUT2D eigenvalue weighted by Gasteiger charge is -2.33. The highest BCUT2D eigenvalue weighted by atomic mass is 32.2. The van der Waals surface area contributed by atoms with Crippen molar-refractivity contribution in [3.8, 4) is 11.5 Å². The first-order valence-corrected chi connectivity index (χ1v) is 12.2. The summed E-state index contributed by atoms with van der Waals surface area (Å²) in [6.07, 6.45) is 0. The molecule has 6 nitrogen and oxygen atoms in total. The Hall–Kier alpha value is -3.00. The molecule has 1 saturated heterocycles. The van der Waals surface area contributed by atoms with E-state index in [1.54, 1.807) is 36.4 Å². The third kappa shape index (κ3) is 5.82. The number of hydrogen-bond acceptors (Lipinski definition) is 5. The molecule has 1 heterocycles. The van der Waals surface area contributed by atoms with Crippen molar-refractivity contribution < 1.29 is 17.9 Å². The van der Waals surface area contributed by atoms with Crippen LogP contribution in [0.2, 0.25) is 0 Å². The summed E-state index contributed by atoms with van der Waals surface area (Å²) < 4.78 is 33.1. The zero-order valence-corrected chi connectivity index (χ0v) is 18.6. The van der Waals surface area contributed by atoms with E-state index in [-0.39, 0.29) is 11.5 Å². The van der Waals surface area contributed by atoms with E-state index in [9.17, 15) is 13.2 Å². The van der Waals surface area contributed by atoms with Crippen molar-refractivity contribution in [3.63, 3.8) is 0 Å². The van der Waals surface area contributed by atoms with E-state index in [0.717, 1.165) is 5.75 Å². The van der Waals surface area contributed by atoms with Crippen LogP contribution in [0.15, 0.2) is 84.9 Å². The standard InChI is InChI=1S/C25H26N2O4S/c28-25(22-7-3-1-4-8-22)19-26-15-17-27(18-16-26)32(29,30)20-21-11-13-24(14-12-21)31-23-9-5-2-6-10-23/h1-14H,15-20H2. The molecule has 1 aliphatic rings. The Bertz CT molecular complexity index is 1130. The Labute approximate surface area is 189 Å². The van der Waals surface area contributed by atoms with Gasteiger partial charge in [-0.3, -0.25) is 9.69 Å². The van der Waals surface area contributed by atoms with Crippen molar-refractivity contribution in [2.45, 2.75) is 5.75 Å². The molecule has 1 aliphatic heterocycles. The van der Waals surface area contributed by atoms with E-state index in [1.165, 1.54) is 4.31 Å². The fraction of sp³-hybridized carbons (Fsp3) is 0.240. The van der Waals surface area contributed by atoms with Gasteiger partial charge in [0.2, 0.25) is 10.0 Å². The molecule has 0 aromatic heterocycles. The molecule has 1 fully saturated rings. The van der Waals surface area contributed by atoms with Gasteiger partial charge in [0.05, 0.1) is 12.3 Å². The van der Waals surface area contributed by atoms with Crippen LogP contribution in [0.25, 0.3) is 0 Å². The van der Waals surface area contributed by atoms with Crippen molar-refractivity contribution in [2.75, 3.05) is 32.7 Å². The summed E-state index contributed by atoms with van der Waals surface area (Å²) in [6, 6.07) is 25.8. The molecule has 166 valence electrons. The number of carbonyl (C=O) groups is 1. The summed E-state index contributed by atoms with van der Waals surface area (Å²) in [5, 5.41) is 0. The molecule has 0 aliphatic carbocycles. The number of Topliss-reactive ketones (excluding diaryl/α,β-unsaturated/α-hetero) is 1. The SMILES string of the molecule is O=C(CN1CCN(S(=O)(=O)Cc2ccc(Oc3ccccc3)cc2)CC1)c1ccccc1. The fourth-order valence-electron chi connectivity index (χ4n) is 3.66. The lowest BCUT2D eigenvalue weighted by Crippen LogP contribution is -2.50. The molecule has 0 spiro atoms. The van der Waals surface area contributed by atoms with E-state index in [2.05, 4.69) is 0 Å². The topological polar surface area (TPSA) is 66.9 Å². The van der Waals surface area contributed by atoms with Crippen LogP contribution in [0.1, 0.15) is 15.9 Å². The van der Waals surface area contributed by atoms with Gasteiger partial charge < -0.3 is 4.74 Å². The number of piperazine rings is 1. The first kappa shape index (κ1) is 22.2. The fourth-order valence-corrected chi connectivity index (χ4v) is 5.18. The van der Waals surface area contributed by atoms with E-state index >= 15 is 0 Å². The number of para-hydroxylation sites is 1. The molecular formula is C25H26N2O4S. The minimum absolute atomic E-state index is 0.0540. The number of benzene rings is 3. The van der Waals surface area contributed by atoms with Crippen LogP contribution in [-0.4, -0.2) is 56.1 Å². The maximum absolute atomic E-state index is 12.9. The van der Waals surface area contributed by atoms with E-state index in [1.807, 2.05) is 53.4 Å². The average molecular weight is 451 g/mol. The van der Waals surface area contributed by atoms with Crippen LogP contribution in [0, 0.1) is 0 Å². The second-order valence-corrected chi connectivity index (χ2v) is 9.75. The van der Waals surface area contributed by atoms with Crippen molar-refractivity contribution in [3.05, 3.63) is 96.1 Å². The van der Waals surface area contributed by atoms with Crippen LogP contribution in [0.4, 0.5) is 0 Å². The lowest BCUT2D eigenvalue weighted by atomic mass is 10.1. The van der Waals surface area contributed by atoms with Gasteiger partial charge in [-0.1, -0.05) is 60.7 Å². The molecule has 0 unspecified atom stereocenters. The normalized spacial score (nSPS) is 15.4. The molecule has 0 saturated carbocycles. The largest absolute Gasteiger partial charge is 0.457 e. The van der Waals surface area contributed by atoms with Gasteiger partial charge in [0.1, 0.15) is 11.5 Å². The van der Waals surface area contributed by atoms with E-state index < -0.39 is 10.0 Å². The molecule has 7 heteroatoms. The predicted octanol–water partition coefficient (Wildman–Crippen LogP) is 3.81. The van der Waals surface area contributed by atoms with Gasteiger partial charge in [-0.2, -0.15) is 4.31 Å². The molecule has 32 heavy (non-hydrogen) atoms. The quantitative estimate of drug-likeness (QED) is 0.488. The first-order valence-electron chi connectivity index (χ1n) is 10.6. The molecular weight excluding hydrogens is 424 g/mol. The molecule has 0 radical (unpaired) electrons. The summed E-state index contributed by atoms with van der Waals surface area (Å²) in [5.41, 5.74) is 1.40. The number of hydrogen-bond donors (Lipinski definition) is 0. The maximum Gasteiger partial charge on any atom is 0.218 e. The molecule has 3 aromatic rings. The summed E-state index contributed by atoms with van der Waals surface area (Å²) in [4.78, 5) is 14.4. The molecule has 0 bridgehead atoms. The zero-order valence-electron chi connectivity index (χ0n) is 17.8. The number of nitrogens with zero attached hydrogens (tertiary/aromatic N) is 2. The van der Waals surface area contributed by atoms with Gasteiger partial charge in [-0.15, -0.1) is 0 Å². The Morgan fingerprint density at radius 3 is 1.94 bits per heavy atom. The van der Waals surface area contributed by atoms with Crippen molar-refractivity contribution in [1.29, 1.82) is 0 Å². The lowest BCUT2D eigenvalue weighted by molar-refractivity contribution is 0.0901. The summed E-state index contributed by atoms with van der Waals surface area (Å²) >= 11 is 0. The van der Waals surface area contributed by atoms with Gasteiger partial charge >= 0.3 is 0 Å². The second-order valence-electron chi connectivity index (χ2n) is 7.78. The van der Waals surface area contributed by atoms with Crippen LogP contribution in [0.3, 0.4) is 0 Å². The monoisotopic (exact) mass is 450 g/mol. The number of rotatable bonds is 8. The highest BCUT2D eigenvalue weighted by molar-refractivity contribution is 7.88. The predicted molar refractivity (Wildman–Crippen MR) is 124 cm³/mol. The van der Waals surface area contributed by atoms with Gasteiger partial charge in [0, 0.05) is 31.7 Å². The summed E-state index contributed by atoms with van der Waals surface area (Å²) in [7, 11) is -3.43. The van der Waals surface area contributed by atoms with Gasteiger partial charge in [0.15, 0.2) is 5.78 Å². The molecule has 0 N–H and O–H groups in total. The van der Waals surface area contributed by atoms with Crippen LogP contribution >= 0.6 is 0 Å². The Kier molecular flexibility index (Phi) is 6.99. The van der Waals surface area contributed by atoms with Crippen molar-refractivity contribution in [2.24, 2.45) is 0 Å². The van der Waals surface area contributed by atoms with Crippen LogP contribution in [-0.2, 0) is 15.8 Å². The average Bonchev–Trinajstić information content (AvgIpc) is 2.82. The Balaban J connectivity index is 1.29. The van der Waals surface area contributed by atoms with Crippen LogP contribution in [0.5, 0.6) is 11.5 Å². The number of ketones is 1. The maximum atomic E-state index is 12.9. The van der Waals surface area contributed by atoms with Crippen molar-refractivity contribution in [1.82, 2.24) is 9.21 Å². The number of carbonyl (C=O) groups excluding carboxylic acids is 1. The van der Waals surface area contributed by atoms with Gasteiger partial charge in [-0.05, 0) is 29.8 Å². The smallest absolute Gasteiger partial charge is 0.218 e. The highest BCUT2D eigenvalue weighted by Gasteiger charge is 2.28. The van der Waals surface area contributed by atoms with Crippen LogP contribution < -0.4 is 4.74 Å². The van der Waals surface area contributed by atoms with E-state index in [0.29, 0.717) is 49.6 Å². The molecule has 0 atom stereocenters. The molecule has 3 aromatic carbocycles. The number of ether oxygens (including phenoxy) is 1. The van der Waals surface area contributed by atoms with Gasteiger partial charge in [-0.25, -0.2) is 8.42 Å². The highest BCUT2D eigenvalue weighted by Crippen LogP contribution is 2.22. The Morgan fingerprint density at radius 2 is 1.31 bits per heavy atom. The summed E-state index contributed by atoms with van der Waals surface area (Å²) in [6.45, 7) is 2.17. The second kappa shape index (κ2) is 10.1. The van der Waals surface area contributed by atoms with E-state index in [4.69, 9.17) is 4.74 Å². The molecule has 4 rings (SSSR count). The minimum atomic E-state index is -3.43.